The van der Waals surface area contributed by atoms with Gasteiger partial charge < -0.3 is 14.8 Å². The quantitative estimate of drug-likeness (QED) is 0.691. The molecule has 0 aliphatic carbocycles. The lowest BCUT2D eigenvalue weighted by Crippen LogP contribution is -2.39. The van der Waals surface area contributed by atoms with Gasteiger partial charge in [0.25, 0.3) is 0 Å². The minimum Gasteiger partial charge on any atom is -0.497 e. The van der Waals surface area contributed by atoms with Crippen LogP contribution in [0.1, 0.15) is 0 Å². The average molecular weight is 372 g/mol. The number of rotatable bonds is 5. The number of aromatic nitrogens is 1. The van der Waals surface area contributed by atoms with Crippen LogP contribution in [-0.4, -0.2) is 56.4 Å². The van der Waals surface area contributed by atoms with Crippen LogP contribution in [0, 0.1) is 0 Å². The number of benzene rings is 2. The number of nitrogens with zero attached hydrogens (tertiary/aromatic N) is 2. The summed E-state index contributed by atoms with van der Waals surface area (Å²) >= 11 is 6.18. The molecule has 1 aliphatic heterocycles. The van der Waals surface area contributed by atoms with Crippen molar-refractivity contribution < 1.29 is 9.47 Å². The van der Waals surface area contributed by atoms with Gasteiger partial charge in [0, 0.05) is 42.0 Å². The lowest BCUT2D eigenvalue weighted by atomic mass is 10.1. The van der Waals surface area contributed by atoms with E-state index in [1.165, 1.54) is 0 Å². The summed E-state index contributed by atoms with van der Waals surface area (Å²) < 4.78 is 10.8. The van der Waals surface area contributed by atoms with E-state index in [1.807, 2.05) is 36.4 Å². The molecule has 1 N–H and O–H groups in total. The van der Waals surface area contributed by atoms with Crippen LogP contribution in [0.4, 0.5) is 5.69 Å². The molecule has 5 nitrogen and oxygen atoms in total. The topological polar surface area (TPSA) is 46.6 Å². The molecule has 4 rings (SSSR count). The highest BCUT2D eigenvalue weighted by atomic mass is 35.5. The SMILES string of the molecule is COc1ccc2nc3cc(Cl)ccc3c(NCCN3CCOCC3)c2c1. The third-order valence-corrected chi connectivity index (χ3v) is 5.01. The molecule has 6 heteroatoms. The third kappa shape index (κ3) is 3.56. The molecule has 0 atom stereocenters. The Morgan fingerprint density at radius 2 is 1.96 bits per heavy atom. The molecule has 1 saturated heterocycles. The summed E-state index contributed by atoms with van der Waals surface area (Å²) in [4.78, 5) is 7.18. The van der Waals surface area contributed by atoms with Crippen molar-refractivity contribution in [3.05, 3.63) is 41.4 Å². The van der Waals surface area contributed by atoms with Crippen LogP contribution in [0.2, 0.25) is 5.02 Å². The van der Waals surface area contributed by atoms with Crippen LogP contribution >= 0.6 is 11.6 Å². The van der Waals surface area contributed by atoms with Crippen LogP contribution in [0.5, 0.6) is 5.75 Å². The number of anilines is 1. The van der Waals surface area contributed by atoms with E-state index >= 15 is 0 Å². The molecule has 2 heterocycles. The normalized spacial score (nSPS) is 15.5. The lowest BCUT2D eigenvalue weighted by Gasteiger charge is -2.27. The highest BCUT2D eigenvalue weighted by Gasteiger charge is 2.13. The number of methoxy groups -OCH3 is 1. The summed E-state index contributed by atoms with van der Waals surface area (Å²) in [7, 11) is 1.68. The predicted molar refractivity (Wildman–Crippen MR) is 107 cm³/mol. The summed E-state index contributed by atoms with van der Waals surface area (Å²) in [6.07, 6.45) is 0. The van der Waals surface area contributed by atoms with E-state index in [4.69, 9.17) is 26.1 Å². The van der Waals surface area contributed by atoms with Gasteiger partial charge in [-0.15, -0.1) is 0 Å². The molecule has 0 spiro atoms. The predicted octanol–water partition coefficient (Wildman–Crippen LogP) is 3.79. The molecule has 0 radical (unpaired) electrons. The first-order chi connectivity index (χ1) is 12.7. The van der Waals surface area contributed by atoms with Gasteiger partial charge in [0.05, 0.1) is 37.0 Å². The fraction of sp³-hybridized carbons (Fsp3) is 0.350. The Bertz CT molecular complexity index is 926. The van der Waals surface area contributed by atoms with Gasteiger partial charge in [0.1, 0.15) is 5.75 Å². The van der Waals surface area contributed by atoms with Gasteiger partial charge >= 0.3 is 0 Å². The number of halogens is 1. The summed E-state index contributed by atoms with van der Waals surface area (Å²) in [5, 5.41) is 6.44. The van der Waals surface area contributed by atoms with Crippen molar-refractivity contribution in [3.8, 4) is 5.75 Å². The number of hydrogen-bond acceptors (Lipinski definition) is 5. The monoisotopic (exact) mass is 371 g/mol. The number of nitrogens with one attached hydrogen (secondary N) is 1. The van der Waals surface area contributed by atoms with Gasteiger partial charge in [-0.2, -0.15) is 0 Å². The summed E-state index contributed by atoms with van der Waals surface area (Å²) in [6, 6.07) is 11.8. The van der Waals surface area contributed by atoms with Gasteiger partial charge in [0.2, 0.25) is 0 Å². The molecule has 136 valence electrons. The van der Waals surface area contributed by atoms with Crippen molar-refractivity contribution in [3.63, 3.8) is 0 Å². The maximum Gasteiger partial charge on any atom is 0.119 e. The molecular formula is C20H22ClN3O2. The lowest BCUT2D eigenvalue weighted by molar-refractivity contribution is 0.0398. The van der Waals surface area contributed by atoms with E-state index in [0.717, 1.165) is 72.6 Å². The Labute approximate surface area is 157 Å². The van der Waals surface area contributed by atoms with Crippen molar-refractivity contribution in [2.24, 2.45) is 0 Å². The standard InChI is InChI=1S/C20H22ClN3O2/c1-25-15-3-5-18-17(13-15)20(16-4-2-14(21)12-19(16)23-18)22-6-7-24-8-10-26-11-9-24/h2-5,12-13H,6-11H2,1H3,(H,22,23). The number of fused-ring (bicyclic) bond motifs is 2. The van der Waals surface area contributed by atoms with Crippen LogP contribution in [0.3, 0.4) is 0 Å². The van der Waals surface area contributed by atoms with E-state index in [1.54, 1.807) is 7.11 Å². The molecule has 0 bridgehead atoms. The van der Waals surface area contributed by atoms with Gasteiger partial charge in [-0.1, -0.05) is 11.6 Å². The van der Waals surface area contributed by atoms with Gasteiger partial charge in [0.15, 0.2) is 0 Å². The van der Waals surface area contributed by atoms with Gasteiger partial charge in [-0.25, -0.2) is 4.98 Å². The molecule has 1 aliphatic rings. The second-order valence-corrected chi connectivity index (χ2v) is 6.85. The third-order valence-electron chi connectivity index (χ3n) is 4.78. The Hall–Kier alpha value is -2.08. The first-order valence-corrected chi connectivity index (χ1v) is 9.23. The molecule has 1 aromatic heterocycles. The summed E-state index contributed by atoms with van der Waals surface area (Å²) in [5.41, 5.74) is 2.90. The van der Waals surface area contributed by atoms with E-state index in [-0.39, 0.29) is 0 Å². The number of morpholine rings is 1. The number of ether oxygens (including phenoxy) is 2. The first-order valence-electron chi connectivity index (χ1n) is 8.85. The van der Waals surface area contributed by atoms with Gasteiger partial charge in [-0.05, 0) is 36.4 Å². The number of pyridine rings is 1. The molecule has 0 amide bonds. The second kappa shape index (κ2) is 7.66. The molecule has 1 fully saturated rings. The van der Waals surface area contributed by atoms with Crippen LogP contribution < -0.4 is 10.1 Å². The molecular weight excluding hydrogens is 350 g/mol. The summed E-state index contributed by atoms with van der Waals surface area (Å²) in [5.74, 6) is 0.823. The van der Waals surface area contributed by atoms with Crippen molar-refractivity contribution in [2.75, 3.05) is 51.8 Å². The van der Waals surface area contributed by atoms with Crippen molar-refractivity contribution in [1.82, 2.24) is 9.88 Å². The fourth-order valence-corrected chi connectivity index (χ4v) is 3.54. The van der Waals surface area contributed by atoms with Crippen LogP contribution in [0.15, 0.2) is 36.4 Å². The minimum absolute atomic E-state index is 0.692. The zero-order chi connectivity index (χ0) is 17.9. The molecule has 0 unspecified atom stereocenters. The largest absolute Gasteiger partial charge is 0.497 e. The van der Waals surface area contributed by atoms with Crippen molar-refractivity contribution in [2.45, 2.75) is 0 Å². The smallest absolute Gasteiger partial charge is 0.119 e. The Morgan fingerprint density at radius 3 is 2.77 bits per heavy atom. The molecule has 26 heavy (non-hydrogen) atoms. The van der Waals surface area contributed by atoms with E-state index < -0.39 is 0 Å². The van der Waals surface area contributed by atoms with Crippen molar-refractivity contribution in [1.29, 1.82) is 0 Å². The Morgan fingerprint density at radius 1 is 1.12 bits per heavy atom. The highest BCUT2D eigenvalue weighted by Crippen LogP contribution is 2.34. The summed E-state index contributed by atoms with van der Waals surface area (Å²) in [6.45, 7) is 5.44. The maximum atomic E-state index is 6.18. The molecule has 3 aromatic rings. The Balaban J connectivity index is 1.70. The Kier molecular flexibility index (Phi) is 5.11. The van der Waals surface area contributed by atoms with Gasteiger partial charge in [-0.3, -0.25) is 4.90 Å². The molecule has 0 saturated carbocycles. The second-order valence-electron chi connectivity index (χ2n) is 6.41. The zero-order valence-corrected chi connectivity index (χ0v) is 15.6. The zero-order valence-electron chi connectivity index (χ0n) is 14.8. The van der Waals surface area contributed by atoms with E-state index in [0.29, 0.717) is 5.02 Å². The molecule has 2 aromatic carbocycles. The maximum absolute atomic E-state index is 6.18. The first kappa shape index (κ1) is 17.3. The van der Waals surface area contributed by atoms with E-state index in [2.05, 4.69) is 10.2 Å². The van der Waals surface area contributed by atoms with Crippen molar-refractivity contribution >= 4 is 39.1 Å². The minimum atomic E-state index is 0.692. The van der Waals surface area contributed by atoms with Crippen LogP contribution in [-0.2, 0) is 4.74 Å². The average Bonchev–Trinajstić information content (AvgIpc) is 2.67. The fourth-order valence-electron chi connectivity index (χ4n) is 3.38. The number of hydrogen-bond donors (Lipinski definition) is 1. The van der Waals surface area contributed by atoms with E-state index in [9.17, 15) is 0 Å². The highest BCUT2D eigenvalue weighted by molar-refractivity contribution is 6.31. The van der Waals surface area contributed by atoms with Crippen LogP contribution in [0.25, 0.3) is 21.8 Å².